The highest BCUT2D eigenvalue weighted by Gasteiger charge is 2.37. The Morgan fingerprint density at radius 3 is 2.50 bits per heavy atom. The van der Waals surface area contributed by atoms with Crippen molar-refractivity contribution in [3.63, 3.8) is 0 Å². The van der Waals surface area contributed by atoms with Gasteiger partial charge in [0, 0.05) is 18.3 Å². The highest BCUT2D eigenvalue weighted by Crippen LogP contribution is 2.41. The van der Waals surface area contributed by atoms with Crippen molar-refractivity contribution in [3.8, 4) is 0 Å². The summed E-state index contributed by atoms with van der Waals surface area (Å²) in [6.45, 7) is 2.19. The van der Waals surface area contributed by atoms with Gasteiger partial charge in [0.05, 0.1) is 0 Å². The fraction of sp³-hybridized carbons (Fsp3) is 0.462. The van der Waals surface area contributed by atoms with Gasteiger partial charge < -0.3 is 0 Å². The molecule has 1 aliphatic rings. The van der Waals surface area contributed by atoms with Gasteiger partial charge in [-0.05, 0) is 18.4 Å². The predicted octanol–water partition coefficient (Wildman–Crippen LogP) is 3.09. The molecule has 0 bridgehead atoms. The van der Waals surface area contributed by atoms with Gasteiger partial charge in [-0.25, -0.2) is 0 Å². The van der Waals surface area contributed by atoms with Crippen LogP contribution in [-0.2, 0) is 10.2 Å². The lowest BCUT2D eigenvalue weighted by atomic mass is 9.77. The first kappa shape index (κ1) is 9.45. The second-order valence-corrected chi connectivity index (χ2v) is 4.22. The summed E-state index contributed by atoms with van der Waals surface area (Å²) < 4.78 is 0. The molecule has 0 N–H and O–H groups in total. The van der Waals surface area contributed by atoms with Crippen LogP contribution in [0.2, 0.25) is 0 Å². The molecule has 1 fully saturated rings. The monoisotopic (exact) mass is 188 g/mol. The lowest BCUT2D eigenvalue weighted by molar-refractivity contribution is -0.117. The molecule has 14 heavy (non-hydrogen) atoms. The predicted molar refractivity (Wildman–Crippen MR) is 57.3 cm³/mol. The molecule has 1 aliphatic carbocycles. The number of hydrogen-bond acceptors (Lipinski definition) is 1. The number of carbonyl (C=O) groups is 1. The minimum atomic E-state index is 0.151. The molecule has 0 saturated heterocycles. The maximum atomic E-state index is 11.4. The van der Waals surface area contributed by atoms with Gasteiger partial charge in [-0.15, -0.1) is 0 Å². The number of rotatable bonds is 2. The molecule has 1 nitrogen and oxygen atoms in total. The third-order valence-corrected chi connectivity index (χ3v) is 3.48. The van der Waals surface area contributed by atoms with Crippen molar-refractivity contribution in [1.82, 2.24) is 0 Å². The summed E-state index contributed by atoms with van der Waals surface area (Å²) in [5.74, 6) is 0.427. The molecule has 1 aromatic carbocycles. The molecule has 1 aromatic rings. The number of benzene rings is 1. The summed E-state index contributed by atoms with van der Waals surface area (Å²) in [4.78, 5) is 11.4. The lowest BCUT2D eigenvalue weighted by Crippen LogP contribution is -2.21. The third kappa shape index (κ3) is 1.47. The van der Waals surface area contributed by atoms with Gasteiger partial charge in [0.1, 0.15) is 5.78 Å². The summed E-state index contributed by atoms with van der Waals surface area (Å²) in [7, 11) is 0. The number of hydrogen-bond donors (Lipinski definition) is 0. The van der Waals surface area contributed by atoms with E-state index in [2.05, 4.69) is 31.2 Å². The summed E-state index contributed by atoms with van der Waals surface area (Å²) in [5, 5.41) is 0. The van der Waals surface area contributed by atoms with E-state index in [9.17, 15) is 4.79 Å². The van der Waals surface area contributed by atoms with Crippen LogP contribution in [0.25, 0.3) is 0 Å². The van der Waals surface area contributed by atoms with Crippen molar-refractivity contribution < 1.29 is 4.79 Å². The zero-order valence-corrected chi connectivity index (χ0v) is 8.62. The van der Waals surface area contributed by atoms with E-state index in [0.29, 0.717) is 5.78 Å². The van der Waals surface area contributed by atoms with Crippen molar-refractivity contribution in [2.24, 2.45) is 0 Å². The Kier molecular flexibility index (Phi) is 2.40. The summed E-state index contributed by atoms with van der Waals surface area (Å²) in [6, 6.07) is 10.5. The average Bonchev–Trinajstić information content (AvgIpc) is 2.63. The van der Waals surface area contributed by atoms with Crippen molar-refractivity contribution >= 4 is 5.78 Å². The first-order valence-electron chi connectivity index (χ1n) is 5.34. The van der Waals surface area contributed by atoms with Crippen molar-refractivity contribution in [2.75, 3.05) is 0 Å². The van der Waals surface area contributed by atoms with Crippen LogP contribution in [0.4, 0.5) is 0 Å². The normalized spacial score (nSPS) is 26.8. The quantitative estimate of drug-likeness (QED) is 0.697. The van der Waals surface area contributed by atoms with E-state index < -0.39 is 0 Å². The van der Waals surface area contributed by atoms with Crippen molar-refractivity contribution in [1.29, 1.82) is 0 Å². The Balaban J connectivity index is 2.34. The Labute approximate surface area is 85.1 Å². The fourth-order valence-electron chi connectivity index (χ4n) is 2.48. The van der Waals surface area contributed by atoms with E-state index in [1.165, 1.54) is 5.56 Å². The first-order chi connectivity index (χ1) is 6.77. The highest BCUT2D eigenvalue weighted by atomic mass is 16.1. The van der Waals surface area contributed by atoms with Crippen LogP contribution in [0.1, 0.15) is 38.2 Å². The average molecular weight is 188 g/mol. The molecule has 74 valence electrons. The maximum Gasteiger partial charge on any atom is 0.133 e. The van der Waals surface area contributed by atoms with Gasteiger partial charge in [-0.1, -0.05) is 37.3 Å². The van der Waals surface area contributed by atoms with Crippen LogP contribution in [0.3, 0.4) is 0 Å². The summed E-state index contributed by atoms with van der Waals surface area (Å²) >= 11 is 0. The largest absolute Gasteiger partial charge is 0.300 e. The van der Waals surface area contributed by atoms with Gasteiger partial charge in [0.15, 0.2) is 0 Å². The standard InChI is InChI=1S/C13H16O/c1-2-13(9-8-12(14)10-13)11-6-4-3-5-7-11/h3-7H,2,8-10H2,1H3/t13-/m1/s1. The molecule has 2 rings (SSSR count). The minimum Gasteiger partial charge on any atom is -0.300 e. The van der Waals surface area contributed by atoms with Gasteiger partial charge in [-0.2, -0.15) is 0 Å². The smallest absolute Gasteiger partial charge is 0.133 e. The molecular weight excluding hydrogens is 172 g/mol. The molecule has 1 heteroatoms. The Hall–Kier alpha value is -1.11. The molecule has 0 heterocycles. The van der Waals surface area contributed by atoms with E-state index in [-0.39, 0.29) is 5.41 Å². The van der Waals surface area contributed by atoms with Crippen molar-refractivity contribution in [3.05, 3.63) is 35.9 Å². The number of ketones is 1. The number of carbonyl (C=O) groups excluding carboxylic acids is 1. The third-order valence-electron chi connectivity index (χ3n) is 3.48. The zero-order valence-electron chi connectivity index (χ0n) is 8.62. The Morgan fingerprint density at radius 1 is 1.29 bits per heavy atom. The molecule has 0 aromatic heterocycles. The van der Waals surface area contributed by atoms with E-state index in [1.807, 2.05) is 6.07 Å². The maximum absolute atomic E-state index is 11.4. The molecule has 1 saturated carbocycles. The van der Waals surface area contributed by atoms with Crippen LogP contribution < -0.4 is 0 Å². The van der Waals surface area contributed by atoms with E-state index >= 15 is 0 Å². The van der Waals surface area contributed by atoms with Crippen molar-refractivity contribution in [2.45, 2.75) is 38.0 Å². The molecule has 0 spiro atoms. The Bertz CT molecular complexity index is 328. The molecule has 0 aliphatic heterocycles. The Morgan fingerprint density at radius 2 is 2.00 bits per heavy atom. The van der Waals surface area contributed by atoms with E-state index in [4.69, 9.17) is 0 Å². The van der Waals surface area contributed by atoms with Gasteiger partial charge in [0.25, 0.3) is 0 Å². The lowest BCUT2D eigenvalue weighted by Gasteiger charge is -2.27. The van der Waals surface area contributed by atoms with Gasteiger partial charge >= 0.3 is 0 Å². The van der Waals surface area contributed by atoms with Gasteiger partial charge in [0.2, 0.25) is 0 Å². The fourth-order valence-corrected chi connectivity index (χ4v) is 2.48. The van der Waals surface area contributed by atoms with Crippen LogP contribution in [0.5, 0.6) is 0 Å². The molecule has 0 radical (unpaired) electrons. The summed E-state index contributed by atoms with van der Waals surface area (Å²) in [6.07, 6.45) is 3.62. The second kappa shape index (κ2) is 3.56. The second-order valence-electron chi connectivity index (χ2n) is 4.22. The molecule has 0 unspecified atom stereocenters. The highest BCUT2D eigenvalue weighted by molar-refractivity contribution is 5.82. The van der Waals surface area contributed by atoms with E-state index in [1.54, 1.807) is 0 Å². The van der Waals surface area contributed by atoms with Gasteiger partial charge in [-0.3, -0.25) is 4.79 Å². The number of Topliss-reactive ketones (excluding diaryl/α,β-unsaturated/α-hetero) is 1. The topological polar surface area (TPSA) is 17.1 Å². The molecule has 0 amide bonds. The van der Waals surface area contributed by atoms with Crippen LogP contribution >= 0.6 is 0 Å². The SMILES string of the molecule is CC[C@@]1(c2ccccc2)CCC(=O)C1. The van der Waals surface area contributed by atoms with Crippen LogP contribution in [0.15, 0.2) is 30.3 Å². The van der Waals surface area contributed by atoms with E-state index in [0.717, 1.165) is 25.7 Å². The minimum absolute atomic E-state index is 0.151. The zero-order chi connectivity index (χ0) is 10.0. The molecular formula is C13H16O. The van der Waals surface area contributed by atoms with Crippen LogP contribution in [0, 0.1) is 0 Å². The summed E-state index contributed by atoms with van der Waals surface area (Å²) in [5.41, 5.74) is 1.49. The molecule has 1 atom stereocenters. The first-order valence-corrected chi connectivity index (χ1v) is 5.34. The van der Waals surface area contributed by atoms with Crippen LogP contribution in [-0.4, -0.2) is 5.78 Å².